The highest BCUT2D eigenvalue weighted by Gasteiger charge is 2.25. The van der Waals surface area contributed by atoms with Crippen LogP contribution in [0.15, 0.2) is 85.1 Å². The molecule has 2 unspecified atom stereocenters. The summed E-state index contributed by atoms with van der Waals surface area (Å²) in [6.45, 7) is 4.74. The monoisotopic (exact) mass is 1020 g/mol. The lowest BCUT2D eigenvalue weighted by Crippen LogP contribution is -2.40. The van der Waals surface area contributed by atoms with Crippen LogP contribution in [0.2, 0.25) is 0 Å². The van der Waals surface area contributed by atoms with E-state index < -0.39 is 24.3 Å². The van der Waals surface area contributed by atoms with Gasteiger partial charge < -0.3 is 28.5 Å². The molecule has 0 spiro atoms. The van der Waals surface area contributed by atoms with E-state index in [1.807, 2.05) is 21.1 Å². The van der Waals surface area contributed by atoms with Crippen molar-refractivity contribution < 1.29 is 42.9 Å². The minimum absolute atomic E-state index is 0.178. The molecule has 0 aromatic carbocycles. The smallest absolute Gasteiger partial charge is 0.361 e. The van der Waals surface area contributed by atoms with Crippen LogP contribution in [-0.2, 0) is 33.3 Å². The van der Waals surface area contributed by atoms with Crippen molar-refractivity contribution in [2.75, 3.05) is 47.5 Å². The van der Waals surface area contributed by atoms with Gasteiger partial charge in [-0.2, -0.15) is 0 Å². The van der Waals surface area contributed by atoms with Crippen molar-refractivity contribution in [1.82, 2.24) is 0 Å². The molecule has 9 nitrogen and oxygen atoms in total. The molecule has 9 heteroatoms. The molecule has 0 aliphatic carbocycles. The Morgan fingerprint density at radius 1 is 0.425 bits per heavy atom. The van der Waals surface area contributed by atoms with Crippen molar-refractivity contribution in [2.45, 2.75) is 257 Å². The maximum atomic E-state index is 12.9. The molecule has 0 saturated carbocycles. The number of aliphatic carboxylic acids is 1. The third-order valence-corrected chi connectivity index (χ3v) is 12.7. The molecule has 0 aliphatic rings. The molecule has 0 amide bonds. The minimum Gasteiger partial charge on any atom is -0.477 e. The molecule has 1 N–H and O–H groups in total. The van der Waals surface area contributed by atoms with E-state index in [0.29, 0.717) is 23.9 Å². The first-order valence-corrected chi connectivity index (χ1v) is 29.8. The summed E-state index contributed by atoms with van der Waals surface area (Å²) in [4.78, 5) is 37.4. The second kappa shape index (κ2) is 54.7. The van der Waals surface area contributed by atoms with Crippen LogP contribution in [0, 0.1) is 0 Å². The Bertz CT molecular complexity index is 1470. The largest absolute Gasteiger partial charge is 0.477 e. The van der Waals surface area contributed by atoms with E-state index in [9.17, 15) is 19.5 Å². The number of nitrogens with zero attached hydrogens (tertiary/aromatic N) is 1. The van der Waals surface area contributed by atoms with Gasteiger partial charge in [-0.3, -0.25) is 9.59 Å². The van der Waals surface area contributed by atoms with Gasteiger partial charge in [0, 0.05) is 12.8 Å². The maximum absolute atomic E-state index is 12.9. The van der Waals surface area contributed by atoms with Crippen molar-refractivity contribution in [3.05, 3.63) is 85.1 Å². The topological polar surface area (TPSA) is 108 Å². The van der Waals surface area contributed by atoms with Gasteiger partial charge in [0.2, 0.25) is 0 Å². The average Bonchev–Trinajstić information content (AvgIpc) is 3.36. The van der Waals surface area contributed by atoms with Gasteiger partial charge in [-0.1, -0.05) is 247 Å². The number of esters is 2. The SMILES string of the molecule is CC/C=C\C/C=C\C/C=C\C/C=C\C/C=C\C/C=C\C/C=C\CCCCCC(=O)OC(COC(=O)CCCCCCCCCCCCCCCCCCCCCCCCC)COC(OCC[N+](C)(C)C)C(=O)O. The molecule has 0 aromatic heterocycles. The third-order valence-electron chi connectivity index (χ3n) is 12.7. The summed E-state index contributed by atoms with van der Waals surface area (Å²) in [5.41, 5.74) is 0. The predicted octanol–water partition coefficient (Wildman–Crippen LogP) is 17.6. The number of hydrogen-bond acceptors (Lipinski definition) is 7. The summed E-state index contributed by atoms with van der Waals surface area (Å²) in [6, 6.07) is 0. The van der Waals surface area contributed by atoms with Crippen LogP contribution >= 0.6 is 0 Å². The number of hydrogen-bond donors (Lipinski definition) is 1. The zero-order valence-electron chi connectivity index (χ0n) is 47.8. The predicted molar refractivity (Wildman–Crippen MR) is 309 cm³/mol. The lowest BCUT2D eigenvalue weighted by Gasteiger charge is -2.25. The summed E-state index contributed by atoms with van der Waals surface area (Å²) in [5, 5.41) is 9.71. The number of ether oxygens (including phenoxy) is 4. The van der Waals surface area contributed by atoms with Gasteiger partial charge in [0.15, 0.2) is 6.10 Å². The normalized spacial score (nSPS) is 13.4. The Balaban J connectivity index is 4.31. The van der Waals surface area contributed by atoms with E-state index in [2.05, 4.69) is 98.9 Å². The van der Waals surface area contributed by atoms with Crippen molar-refractivity contribution in [3.63, 3.8) is 0 Å². The summed E-state index contributed by atoms with van der Waals surface area (Å²) < 4.78 is 22.9. The number of allylic oxidation sites excluding steroid dienone is 14. The first kappa shape index (κ1) is 69.5. The maximum Gasteiger partial charge on any atom is 0.361 e. The van der Waals surface area contributed by atoms with Crippen LogP contribution < -0.4 is 0 Å². The zero-order chi connectivity index (χ0) is 53.4. The van der Waals surface area contributed by atoms with Gasteiger partial charge in [-0.15, -0.1) is 0 Å². The summed E-state index contributed by atoms with van der Waals surface area (Å²) in [6.07, 6.45) is 69.5. The van der Waals surface area contributed by atoms with E-state index >= 15 is 0 Å². The van der Waals surface area contributed by atoms with Gasteiger partial charge in [0.25, 0.3) is 6.29 Å². The van der Waals surface area contributed by atoms with E-state index in [1.54, 1.807) is 0 Å². The van der Waals surface area contributed by atoms with Crippen molar-refractivity contribution in [2.24, 2.45) is 0 Å². The number of quaternary nitrogens is 1. The highest BCUT2D eigenvalue weighted by Crippen LogP contribution is 2.16. The Labute approximate surface area is 449 Å². The molecule has 0 radical (unpaired) electrons. The number of carbonyl (C=O) groups excluding carboxylic acids is 2. The van der Waals surface area contributed by atoms with Crippen LogP contribution in [0.3, 0.4) is 0 Å². The molecule has 420 valence electrons. The Hall–Kier alpha value is -3.53. The van der Waals surface area contributed by atoms with Crippen LogP contribution in [0.4, 0.5) is 0 Å². The molecule has 0 rings (SSSR count). The number of carboxylic acid groups (broad SMARTS) is 1. The lowest BCUT2D eigenvalue weighted by molar-refractivity contribution is -0.870. The van der Waals surface area contributed by atoms with Gasteiger partial charge in [0.05, 0.1) is 34.4 Å². The van der Waals surface area contributed by atoms with Gasteiger partial charge in [-0.25, -0.2) is 4.79 Å². The highest BCUT2D eigenvalue weighted by atomic mass is 16.7. The summed E-state index contributed by atoms with van der Waals surface area (Å²) in [5.74, 6) is -2.05. The van der Waals surface area contributed by atoms with Crippen molar-refractivity contribution in [1.29, 1.82) is 0 Å². The molecule has 0 fully saturated rings. The number of likely N-dealkylation sites (N-methyl/N-ethyl adjacent to an activating group) is 1. The van der Waals surface area contributed by atoms with E-state index in [1.165, 1.54) is 128 Å². The molecule has 73 heavy (non-hydrogen) atoms. The minimum atomic E-state index is -1.52. The second-order valence-corrected chi connectivity index (χ2v) is 20.9. The molecule has 0 saturated heterocycles. The van der Waals surface area contributed by atoms with Crippen molar-refractivity contribution >= 4 is 17.9 Å². The molecule has 0 aliphatic heterocycles. The fourth-order valence-electron chi connectivity index (χ4n) is 8.11. The lowest BCUT2D eigenvalue weighted by atomic mass is 10.0. The molecular weight excluding hydrogens is 911 g/mol. The average molecular weight is 1020 g/mol. The van der Waals surface area contributed by atoms with Crippen LogP contribution in [0.1, 0.15) is 245 Å². The summed E-state index contributed by atoms with van der Waals surface area (Å²) >= 11 is 0. The van der Waals surface area contributed by atoms with Crippen molar-refractivity contribution in [3.8, 4) is 0 Å². The number of unbranched alkanes of at least 4 members (excludes halogenated alkanes) is 25. The fraction of sp³-hybridized carbons (Fsp3) is 0.734. The Morgan fingerprint density at radius 2 is 0.781 bits per heavy atom. The first-order valence-electron chi connectivity index (χ1n) is 29.8. The molecule has 2 atom stereocenters. The first-order chi connectivity index (χ1) is 35.6. The zero-order valence-corrected chi connectivity index (χ0v) is 47.8. The van der Waals surface area contributed by atoms with Gasteiger partial charge in [-0.05, 0) is 70.6 Å². The number of rotatable bonds is 54. The van der Waals surface area contributed by atoms with E-state index in [-0.39, 0.29) is 32.2 Å². The third kappa shape index (κ3) is 56.0. The molecule has 0 aromatic rings. The Morgan fingerprint density at radius 3 is 1.16 bits per heavy atom. The number of carboxylic acids is 1. The fourth-order valence-corrected chi connectivity index (χ4v) is 8.11. The van der Waals surface area contributed by atoms with Gasteiger partial charge >= 0.3 is 17.9 Å². The Kier molecular flexibility index (Phi) is 52.1. The number of carbonyl (C=O) groups is 3. The second-order valence-electron chi connectivity index (χ2n) is 20.9. The molecule has 0 bridgehead atoms. The molecule has 0 heterocycles. The standard InChI is InChI=1S/C64H111NO8/c1-6-8-10-12-14-16-18-20-22-24-26-28-30-31-33-35-37-39-41-43-45-47-49-51-53-55-62(67)73-60(59-72-64(63(68)69)70-57-56-65(3,4)5)58-71-61(66)54-52-50-48-46-44-42-40-38-36-34-32-29-27-25-23-21-19-17-15-13-11-9-7-2/h8,10,14,16,20,22,26,28,31,33,37,39,43,45,60,64H,6-7,9,11-13,15,17-19,21,23-25,27,29-30,32,34-36,38,40-42,44,46-59H2,1-5H3/p+1/b10-8-,16-14-,22-20-,28-26-,33-31-,39-37-,45-43-. The van der Waals surface area contributed by atoms with Gasteiger partial charge in [0.1, 0.15) is 13.2 Å². The van der Waals surface area contributed by atoms with Crippen LogP contribution in [0.5, 0.6) is 0 Å². The van der Waals surface area contributed by atoms with Crippen LogP contribution in [0.25, 0.3) is 0 Å². The highest BCUT2D eigenvalue weighted by molar-refractivity contribution is 5.71. The van der Waals surface area contributed by atoms with E-state index in [0.717, 1.165) is 83.5 Å². The quantitative estimate of drug-likeness (QED) is 0.0211. The molecular formula is C64H112NO8+. The van der Waals surface area contributed by atoms with Crippen LogP contribution in [-0.4, -0.2) is 87.4 Å². The summed E-state index contributed by atoms with van der Waals surface area (Å²) in [7, 11) is 5.95. The van der Waals surface area contributed by atoms with E-state index in [4.69, 9.17) is 18.9 Å².